The molecule has 1 aliphatic rings. The summed E-state index contributed by atoms with van der Waals surface area (Å²) < 4.78 is 13.0. The van der Waals surface area contributed by atoms with Gasteiger partial charge in [-0.1, -0.05) is 30.3 Å². The van der Waals surface area contributed by atoms with E-state index in [0.717, 1.165) is 23.4 Å². The zero-order valence-electron chi connectivity index (χ0n) is 13.5. The van der Waals surface area contributed by atoms with E-state index in [2.05, 4.69) is 4.90 Å². The van der Waals surface area contributed by atoms with Gasteiger partial charge < -0.3 is 4.90 Å². The number of nitrogens with zero attached hydrogens (tertiary/aromatic N) is 2. The molecule has 23 heavy (non-hydrogen) atoms. The third kappa shape index (κ3) is 3.27. The fourth-order valence-corrected chi connectivity index (χ4v) is 3.06. The maximum atomic E-state index is 13.0. The molecule has 120 valence electrons. The Hall–Kier alpha value is -2.20. The predicted octanol–water partition coefficient (Wildman–Crippen LogP) is 3.37. The summed E-state index contributed by atoms with van der Waals surface area (Å²) in [4.78, 5) is 16.8. The van der Waals surface area contributed by atoms with E-state index in [9.17, 15) is 9.18 Å². The molecule has 1 amide bonds. The zero-order valence-corrected chi connectivity index (χ0v) is 13.5. The second kappa shape index (κ2) is 6.50. The maximum absolute atomic E-state index is 13.0. The van der Waals surface area contributed by atoms with Crippen LogP contribution in [0.5, 0.6) is 0 Å². The van der Waals surface area contributed by atoms with Crippen LogP contribution in [0.1, 0.15) is 18.1 Å². The summed E-state index contributed by atoms with van der Waals surface area (Å²) in [7, 11) is 0. The van der Waals surface area contributed by atoms with Gasteiger partial charge in [0.25, 0.3) is 0 Å². The number of hydrogen-bond donors (Lipinski definition) is 0. The molecule has 4 heteroatoms. The van der Waals surface area contributed by atoms with E-state index in [1.54, 1.807) is 12.1 Å². The summed E-state index contributed by atoms with van der Waals surface area (Å²) in [6.45, 7) is 6.11. The molecule has 1 aliphatic heterocycles. The van der Waals surface area contributed by atoms with Crippen LogP contribution in [-0.2, 0) is 11.3 Å². The van der Waals surface area contributed by atoms with E-state index >= 15 is 0 Å². The van der Waals surface area contributed by atoms with Gasteiger partial charge in [0.05, 0.1) is 6.04 Å². The Bertz CT molecular complexity index is 699. The number of rotatable bonds is 3. The van der Waals surface area contributed by atoms with Crippen LogP contribution in [0, 0.1) is 12.7 Å². The lowest BCUT2D eigenvalue weighted by Crippen LogP contribution is -2.55. The molecule has 1 unspecified atom stereocenters. The molecule has 3 nitrogen and oxygen atoms in total. The summed E-state index contributed by atoms with van der Waals surface area (Å²) in [6, 6.07) is 14.3. The normalized spacial score (nSPS) is 19.2. The van der Waals surface area contributed by atoms with Gasteiger partial charge in [-0.15, -0.1) is 0 Å². The van der Waals surface area contributed by atoms with Crippen molar-refractivity contribution in [3.8, 4) is 0 Å². The Balaban J connectivity index is 1.74. The monoisotopic (exact) mass is 312 g/mol. The van der Waals surface area contributed by atoms with Crippen LogP contribution in [-0.4, -0.2) is 29.9 Å². The van der Waals surface area contributed by atoms with Gasteiger partial charge in [-0.2, -0.15) is 0 Å². The van der Waals surface area contributed by atoms with E-state index in [0.29, 0.717) is 13.1 Å². The fourth-order valence-electron chi connectivity index (χ4n) is 3.06. The third-order valence-corrected chi connectivity index (χ3v) is 4.49. The average molecular weight is 312 g/mol. The van der Waals surface area contributed by atoms with Crippen LogP contribution < -0.4 is 4.90 Å². The number of piperazine rings is 1. The second-order valence-electron chi connectivity index (χ2n) is 6.05. The Kier molecular flexibility index (Phi) is 4.44. The first-order chi connectivity index (χ1) is 11.1. The van der Waals surface area contributed by atoms with Crippen molar-refractivity contribution in [1.82, 2.24) is 4.90 Å². The molecule has 0 aromatic heterocycles. The van der Waals surface area contributed by atoms with Gasteiger partial charge in [0.1, 0.15) is 5.82 Å². The summed E-state index contributed by atoms with van der Waals surface area (Å²) >= 11 is 0. The fraction of sp³-hybridized carbons (Fsp3) is 0.316. The highest BCUT2D eigenvalue weighted by atomic mass is 19.1. The third-order valence-electron chi connectivity index (χ3n) is 4.49. The largest absolute Gasteiger partial charge is 0.310 e. The van der Waals surface area contributed by atoms with E-state index < -0.39 is 0 Å². The van der Waals surface area contributed by atoms with Crippen LogP contribution in [0.2, 0.25) is 0 Å². The molecule has 0 bridgehead atoms. The molecule has 0 aliphatic carbocycles. The number of para-hydroxylation sites is 1. The molecule has 1 saturated heterocycles. The first-order valence-electron chi connectivity index (χ1n) is 7.92. The SMILES string of the molecule is Cc1ccccc1N1CCN(Cc2ccc(F)cc2)C(C)C1=O. The quantitative estimate of drug-likeness (QED) is 0.867. The van der Waals surface area contributed by atoms with E-state index in [4.69, 9.17) is 0 Å². The lowest BCUT2D eigenvalue weighted by Gasteiger charge is -2.39. The van der Waals surface area contributed by atoms with Gasteiger partial charge in [0, 0.05) is 25.3 Å². The number of amides is 1. The minimum atomic E-state index is -0.234. The van der Waals surface area contributed by atoms with Gasteiger partial charge in [0.2, 0.25) is 5.91 Å². The van der Waals surface area contributed by atoms with Crippen molar-refractivity contribution >= 4 is 11.6 Å². The minimum Gasteiger partial charge on any atom is -0.310 e. The van der Waals surface area contributed by atoms with Gasteiger partial charge in [-0.25, -0.2) is 4.39 Å². The molecule has 1 heterocycles. The first kappa shape index (κ1) is 15.7. The predicted molar refractivity (Wildman–Crippen MR) is 89.8 cm³/mol. The highest BCUT2D eigenvalue weighted by Gasteiger charge is 2.32. The number of anilines is 1. The lowest BCUT2D eigenvalue weighted by molar-refractivity contribution is -0.125. The molecule has 3 rings (SSSR count). The van der Waals surface area contributed by atoms with Gasteiger partial charge in [-0.05, 0) is 43.2 Å². The number of halogens is 1. The Morgan fingerprint density at radius 1 is 1.09 bits per heavy atom. The molecule has 0 saturated carbocycles. The maximum Gasteiger partial charge on any atom is 0.244 e. The first-order valence-corrected chi connectivity index (χ1v) is 7.92. The lowest BCUT2D eigenvalue weighted by atomic mass is 10.1. The Morgan fingerprint density at radius 3 is 2.48 bits per heavy atom. The molecule has 0 radical (unpaired) electrons. The summed E-state index contributed by atoms with van der Waals surface area (Å²) in [6.07, 6.45) is 0. The summed E-state index contributed by atoms with van der Waals surface area (Å²) in [5.74, 6) is -0.116. The van der Waals surface area contributed by atoms with Gasteiger partial charge in [-0.3, -0.25) is 9.69 Å². The Labute approximate surface area is 136 Å². The van der Waals surface area contributed by atoms with Crippen LogP contribution in [0.4, 0.5) is 10.1 Å². The smallest absolute Gasteiger partial charge is 0.244 e. The van der Waals surface area contributed by atoms with Crippen LogP contribution in [0.3, 0.4) is 0 Å². The molecule has 1 atom stereocenters. The molecule has 2 aromatic rings. The zero-order chi connectivity index (χ0) is 16.4. The van der Waals surface area contributed by atoms with Crippen LogP contribution in [0.25, 0.3) is 0 Å². The van der Waals surface area contributed by atoms with Crippen molar-refractivity contribution in [3.63, 3.8) is 0 Å². The Morgan fingerprint density at radius 2 is 1.78 bits per heavy atom. The number of carbonyl (C=O) groups is 1. The van der Waals surface area contributed by atoms with Crippen LogP contribution >= 0.6 is 0 Å². The van der Waals surface area contributed by atoms with Gasteiger partial charge >= 0.3 is 0 Å². The topological polar surface area (TPSA) is 23.6 Å². The van der Waals surface area contributed by atoms with Crippen molar-refractivity contribution in [2.45, 2.75) is 26.4 Å². The van der Waals surface area contributed by atoms with Crippen molar-refractivity contribution in [3.05, 3.63) is 65.5 Å². The number of benzene rings is 2. The highest BCUT2D eigenvalue weighted by Crippen LogP contribution is 2.24. The van der Waals surface area contributed by atoms with E-state index in [-0.39, 0.29) is 17.8 Å². The van der Waals surface area contributed by atoms with Crippen molar-refractivity contribution in [2.24, 2.45) is 0 Å². The number of aryl methyl sites for hydroxylation is 1. The molecule has 0 N–H and O–H groups in total. The van der Waals surface area contributed by atoms with Crippen molar-refractivity contribution in [1.29, 1.82) is 0 Å². The minimum absolute atomic E-state index is 0.118. The molecular formula is C19H21FN2O. The molecule has 1 fully saturated rings. The van der Waals surface area contributed by atoms with Crippen LogP contribution in [0.15, 0.2) is 48.5 Å². The standard InChI is InChI=1S/C19H21FN2O/c1-14-5-3-4-6-18(14)22-12-11-21(15(2)19(22)23)13-16-7-9-17(20)10-8-16/h3-10,15H,11-13H2,1-2H3. The van der Waals surface area contributed by atoms with E-state index in [1.165, 1.54) is 12.1 Å². The molecule has 0 spiro atoms. The highest BCUT2D eigenvalue weighted by molar-refractivity contribution is 5.98. The molecule has 2 aromatic carbocycles. The van der Waals surface area contributed by atoms with Crippen molar-refractivity contribution in [2.75, 3.05) is 18.0 Å². The summed E-state index contributed by atoms with van der Waals surface area (Å²) in [5, 5.41) is 0. The van der Waals surface area contributed by atoms with E-state index in [1.807, 2.05) is 43.0 Å². The summed E-state index contributed by atoms with van der Waals surface area (Å²) in [5.41, 5.74) is 3.13. The van der Waals surface area contributed by atoms with Gasteiger partial charge in [0.15, 0.2) is 0 Å². The number of hydrogen-bond acceptors (Lipinski definition) is 2. The number of carbonyl (C=O) groups excluding carboxylic acids is 1. The molecular weight excluding hydrogens is 291 g/mol. The van der Waals surface area contributed by atoms with Crippen molar-refractivity contribution < 1.29 is 9.18 Å². The average Bonchev–Trinajstić information content (AvgIpc) is 2.55. The second-order valence-corrected chi connectivity index (χ2v) is 6.05.